The van der Waals surface area contributed by atoms with Gasteiger partial charge in [-0.05, 0) is 37.5 Å². The van der Waals surface area contributed by atoms with Gasteiger partial charge in [-0.1, -0.05) is 25.0 Å². The number of hydrogen-bond donors (Lipinski definition) is 0. The normalized spacial score (nSPS) is 27.5. The summed E-state index contributed by atoms with van der Waals surface area (Å²) in [4.78, 5) is 0. The summed E-state index contributed by atoms with van der Waals surface area (Å²) in [7, 11) is 0. The molecule has 0 aromatic heterocycles. The fraction of sp³-hybridized carbons (Fsp3) is 0.800. The molecule has 1 saturated carbocycles. The number of hydrogen-bond acceptors (Lipinski definition) is 0. The van der Waals surface area contributed by atoms with Gasteiger partial charge in [-0.25, -0.2) is 0 Å². The average Bonchev–Trinajstić information content (AvgIpc) is 1.87. The second-order valence-electron chi connectivity index (χ2n) is 4.42. The van der Waals surface area contributed by atoms with Crippen LogP contribution in [0.4, 0.5) is 0 Å². The zero-order chi connectivity index (χ0) is 7.35. The van der Waals surface area contributed by atoms with Crippen molar-refractivity contribution in [3.8, 4) is 0 Å². The molecule has 0 aliphatic heterocycles. The van der Waals surface area contributed by atoms with E-state index in [0.29, 0.717) is 5.41 Å². The Morgan fingerprint density at radius 3 is 2.08 bits per heavy atom. The van der Waals surface area contributed by atoms with Crippen molar-refractivity contribution in [1.82, 2.24) is 0 Å². The van der Waals surface area contributed by atoms with Crippen LogP contribution in [0.5, 0.6) is 0 Å². The molecule has 8 radical (unpaired) electrons. The third-order valence-corrected chi connectivity index (χ3v) is 3.63. The van der Waals surface area contributed by atoms with Crippen LogP contribution in [0, 0.1) is 11.3 Å². The molecule has 3 heteroatoms. The minimum Gasteiger partial charge on any atom is -0.0735 e. The molecule has 0 N–H and O–H groups in total. The van der Waals surface area contributed by atoms with Gasteiger partial charge in [0.2, 0.25) is 0 Å². The third-order valence-electron chi connectivity index (χ3n) is 3.63. The van der Waals surface area contributed by atoms with E-state index in [1.165, 1.54) is 19.3 Å². The van der Waals surface area contributed by atoms with Crippen molar-refractivity contribution in [1.29, 1.82) is 0 Å². The minimum atomic E-state index is 0. The molecular weight excluding hydrogens is 535 g/mol. The molecule has 13 heavy (non-hydrogen) atoms. The predicted octanol–water partition coefficient (Wildman–Crippen LogP) is 2.38. The summed E-state index contributed by atoms with van der Waals surface area (Å²) < 4.78 is 0. The van der Waals surface area contributed by atoms with Crippen molar-refractivity contribution in [3.63, 3.8) is 0 Å². The van der Waals surface area contributed by atoms with Gasteiger partial charge in [0, 0.05) is 75.5 Å². The van der Waals surface area contributed by atoms with Gasteiger partial charge in [-0.3, -0.25) is 0 Å². The van der Waals surface area contributed by atoms with E-state index in [2.05, 4.69) is 20.8 Å². The van der Waals surface area contributed by atoms with Crippen LogP contribution in [-0.4, -0.2) is 53.1 Å². The minimum absolute atomic E-state index is 0. The molecule has 0 aromatic carbocycles. The predicted molar refractivity (Wildman–Crippen MR) is 55.3 cm³/mol. The van der Waals surface area contributed by atoms with Crippen molar-refractivity contribution >= 4 is 53.1 Å². The van der Waals surface area contributed by atoms with Crippen LogP contribution in [0.3, 0.4) is 0 Å². The molecule has 3 aliphatic rings. The summed E-state index contributed by atoms with van der Waals surface area (Å²) in [5, 5.41) is 0. The van der Waals surface area contributed by atoms with E-state index in [4.69, 9.17) is 0 Å². The van der Waals surface area contributed by atoms with Gasteiger partial charge in [-0.15, -0.1) is 0 Å². The molecular formula is C10H16InNbPb. The summed E-state index contributed by atoms with van der Waals surface area (Å²) >= 11 is 0. The van der Waals surface area contributed by atoms with Gasteiger partial charge in [0.15, 0.2) is 0 Å². The third kappa shape index (κ3) is 2.89. The van der Waals surface area contributed by atoms with Crippen molar-refractivity contribution in [2.24, 2.45) is 11.3 Å². The maximum atomic E-state index is 2.40. The topological polar surface area (TPSA) is 0 Å². The van der Waals surface area contributed by atoms with Crippen LogP contribution < -0.4 is 0 Å². The maximum Gasteiger partial charge on any atom is 0 e. The molecule has 0 heterocycles. The van der Waals surface area contributed by atoms with E-state index in [9.17, 15) is 0 Å². The van der Waals surface area contributed by atoms with Crippen molar-refractivity contribution < 1.29 is 22.4 Å². The monoisotopic (exact) mass is 552 g/mol. The molecule has 0 nitrogen and oxygen atoms in total. The van der Waals surface area contributed by atoms with Crippen LogP contribution in [0.15, 0.2) is 11.1 Å². The van der Waals surface area contributed by atoms with Crippen LogP contribution in [-0.2, 0) is 22.4 Å². The Morgan fingerprint density at radius 1 is 1.31 bits per heavy atom. The van der Waals surface area contributed by atoms with E-state index in [0.717, 1.165) is 5.92 Å². The van der Waals surface area contributed by atoms with Gasteiger partial charge < -0.3 is 0 Å². The molecule has 1 atom stereocenters. The molecule has 2 bridgehead atoms. The SMILES string of the molecule is CC1=C2CC(CC1)C2(C)C.[In].[Nb].[Pb]. The zero-order valence-electron chi connectivity index (χ0n) is 8.72. The average molecular weight is 551 g/mol. The maximum absolute atomic E-state index is 2.40. The number of allylic oxidation sites excluding steroid dienone is 2. The van der Waals surface area contributed by atoms with E-state index in [1.807, 2.05) is 0 Å². The molecule has 0 saturated heterocycles. The standard InChI is InChI=1S/C10H16.In.Nb.Pb/c1-7-4-5-8-6-9(7)10(8,2)3;;;/h8H,4-6H2,1-3H3;;;. The van der Waals surface area contributed by atoms with E-state index >= 15 is 0 Å². The number of fused-ring (bicyclic) bond motifs is 2. The first-order chi connectivity index (χ1) is 4.62. The summed E-state index contributed by atoms with van der Waals surface area (Å²) in [5.41, 5.74) is 4.04. The summed E-state index contributed by atoms with van der Waals surface area (Å²) in [6, 6.07) is 0. The molecule has 0 aromatic rings. The molecule has 3 aliphatic carbocycles. The van der Waals surface area contributed by atoms with Gasteiger partial charge in [0.05, 0.1) is 0 Å². The smallest absolute Gasteiger partial charge is 0 e. The molecule has 0 amide bonds. The zero-order valence-corrected chi connectivity index (χ0v) is 18.1. The van der Waals surface area contributed by atoms with Crippen molar-refractivity contribution in [2.45, 2.75) is 40.0 Å². The molecule has 3 rings (SSSR count). The second kappa shape index (κ2) is 6.12. The van der Waals surface area contributed by atoms with Crippen LogP contribution in [0.1, 0.15) is 40.0 Å². The Bertz CT molecular complexity index is 211. The van der Waals surface area contributed by atoms with Gasteiger partial charge >= 0.3 is 0 Å². The first-order valence-electron chi connectivity index (χ1n) is 4.31. The van der Waals surface area contributed by atoms with Crippen LogP contribution >= 0.6 is 0 Å². The molecule has 1 fully saturated rings. The molecule has 68 valence electrons. The summed E-state index contributed by atoms with van der Waals surface area (Å²) in [6.07, 6.45) is 4.24. The summed E-state index contributed by atoms with van der Waals surface area (Å²) in [6.45, 7) is 7.12. The van der Waals surface area contributed by atoms with E-state index in [-0.39, 0.29) is 75.5 Å². The van der Waals surface area contributed by atoms with Gasteiger partial charge in [-0.2, -0.15) is 0 Å². The van der Waals surface area contributed by atoms with E-state index < -0.39 is 0 Å². The molecule has 1 unspecified atom stereocenters. The first-order valence-corrected chi connectivity index (χ1v) is 4.31. The second-order valence-corrected chi connectivity index (χ2v) is 4.42. The van der Waals surface area contributed by atoms with Crippen LogP contribution in [0.25, 0.3) is 0 Å². The van der Waals surface area contributed by atoms with Gasteiger partial charge in [0.1, 0.15) is 0 Å². The Kier molecular flexibility index (Phi) is 8.31. The number of rotatable bonds is 0. The Labute approximate surface area is 136 Å². The Hall–Kier alpha value is 2.27. The fourth-order valence-corrected chi connectivity index (χ4v) is 2.61. The van der Waals surface area contributed by atoms with Crippen molar-refractivity contribution in [3.05, 3.63) is 11.1 Å². The Morgan fingerprint density at radius 2 is 1.85 bits per heavy atom. The Balaban J connectivity index is 0. The first kappa shape index (κ1) is 17.7. The quantitative estimate of drug-likeness (QED) is 0.321. The fourth-order valence-electron chi connectivity index (χ4n) is 2.61. The molecule has 0 spiro atoms. The van der Waals surface area contributed by atoms with Crippen LogP contribution in [0.2, 0.25) is 0 Å². The van der Waals surface area contributed by atoms with E-state index in [1.54, 1.807) is 11.1 Å². The summed E-state index contributed by atoms with van der Waals surface area (Å²) in [5.74, 6) is 1.02. The largest absolute Gasteiger partial charge is 0.0735 e. The van der Waals surface area contributed by atoms with Crippen molar-refractivity contribution in [2.75, 3.05) is 0 Å². The van der Waals surface area contributed by atoms with Gasteiger partial charge in [0.25, 0.3) is 0 Å².